The van der Waals surface area contributed by atoms with Gasteiger partial charge >= 0.3 is 6.09 Å². The van der Waals surface area contributed by atoms with Crippen LogP contribution >= 0.6 is 11.6 Å². The van der Waals surface area contributed by atoms with E-state index in [0.717, 1.165) is 25.2 Å². The largest absolute Gasteiger partial charge is 0.445 e. The van der Waals surface area contributed by atoms with Gasteiger partial charge in [-0.1, -0.05) is 32.4 Å². The van der Waals surface area contributed by atoms with Gasteiger partial charge < -0.3 is 15.4 Å². The Hall–Kier alpha value is -1.56. The fourth-order valence-electron chi connectivity index (χ4n) is 2.88. The molecule has 116 valence electrons. The summed E-state index contributed by atoms with van der Waals surface area (Å²) in [5, 5.41) is 7.99. The Labute approximate surface area is 129 Å². The van der Waals surface area contributed by atoms with Crippen LogP contribution in [0.15, 0.2) is 12.3 Å². The van der Waals surface area contributed by atoms with Gasteiger partial charge in [-0.25, -0.2) is 4.79 Å². The molecule has 2 N–H and O–H groups in total. The van der Waals surface area contributed by atoms with Crippen LogP contribution in [0.4, 0.5) is 10.5 Å². The van der Waals surface area contributed by atoms with Gasteiger partial charge in [-0.2, -0.15) is 5.10 Å². The van der Waals surface area contributed by atoms with Crippen molar-refractivity contribution < 1.29 is 9.53 Å². The third-order valence-electron chi connectivity index (χ3n) is 3.72. The van der Waals surface area contributed by atoms with Crippen molar-refractivity contribution in [3.8, 4) is 0 Å². The van der Waals surface area contributed by atoms with E-state index in [1.165, 1.54) is 0 Å². The van der Waals surface area contributed by atoms with Crippen molar-refractivity contribution >= 4 is 23.4 Å². The number of anilines is 1. The highest BCUT2D eigenvalue weighted by Crippen LogP contribution is 2.35. The first-order chi connectivity index (χ1) is 9.77. The van der Waals surface area contributed by atoms with Gasteiger partial charge in [0.2, 0.25) is 0 Å². The van der Waals surface area contributed by atoms with E-state index in [4.69, 9.17) is 22.1 Å². The molecule has 2 atom stereocenters. The Morgan fingerprint density at radius 1 is 1.57 bits per heavy atom. The average molecular weight is 313 g/mol. The van der Waals surface area contributed by atoms with Gasteiger partial charge in [0.05, 0.1) is 11.9 Å². The first-order valence-electron chi connectivity index (χ1n) is 6.96. The summed E-state index contributed by atoms with van der Waals surface area (Å²) < 4.78 is 5.36. The first-order valence-corrected chi connectivity index (χ1v) is 7.34. The number of carbonyl (C=O) groups excluding carboxylic acids is 1. The zero-order valence-corrected chi connectivity index (χ0v) is 13.3. The predicted octanol–water partition coefficient (Wildman–Crippen LogP) is 2.47. The maximum atomic E-state index is 11.2. The van der Waals surface area contributed by atoms with Crippen molar-refractivity contribution in [2.45, 2.75) is 33.3 Å². The molecule has 0 saturated carbocycles. The Kier molecular flexibility index (Phi) is 4.56. The fourth-order valence-corrected chi connectivity index (χ4v) is 3.03. The molecule has 0 radical (unpaired) electrons. The minimum atomic E-state index is -0.720. The summed E-state index contributed by atoms with van der Waals surface area (Å²) in [7, 11) is 0. The summed E-state index contributed by atoms with van der Waals surface area (Å²) in [6, 6.07) is 1.79. The van der Waals surface area contributed by atoms with Gasteiger partial charge in [0, 0.05) is 25.1 Å². The number of halogens is 1. The molecule has 0 bridgehead atoms. The monoisotopic (exact) mass is 312 g/mol. The second kappa shape index (κ2) is 6.05. The van der Waals surface area contributed by atoms with Crippen LogP contribution in [-0.4, -0.2) is 35.5 Å². The van der Waals surface area contributed by atoms with Gasteiger partial charge in [0.15, 0.2) is 5.15 Å². The van der Waals surface area contributed by atoms with Crippen LogP contribution < -0.4 is 10.6 Å². The molecule has 1 fully saturated rings. The minimum Gasteiger partial charge on any atom is -0.445 e. The molecule has 1 aromatic heterocycles. The molecule has 6 nitrogen and oxygen atoms in total. The highest BCUT2D eigenvalue weighted by molar-refractivity contribution is 6.29. The molecule has 2 rings (SSSR count). The van der Waals surface area contributed by atoms with Crippen LogP contribution in [-0.2, 0) is 4.74 Å². The molecule has 7 heteroatoms. The molecule has 2 unspecified atom stereocenters. The molecule has 1 aromatic rings. The normalized spacial score (nSPS) is 20.4. The molecule has 0 aliphatic carbocycles. The first kappa shape index (κ1) is 15.8. The number of primary amides is 1. The highest BCUT2D eigenvalue weighted by Gasteiger charge is 2.39. The fraction of sp³-hybridized carbons (Fsp3) is 0.643. The van der Waals surface area contributed by atoms with Crippen molar-refractivity contribution in [3.05, 3.63) is 17.4 Å². The predicted molar refractivity (Wildman–Crippen MR) is 81.3 cm³/mol. The molecule has 1 aliphatic rings. The molecule has 1 aliphatic heterocycles. The van der Waals surface area contributed by atoms with Crippen molar-refractivity contribution in [1.29, 1.82) is 0 Å². The molecule has 1 saturated heterocycles. The minimum absolute atomic E-state index is 0.163. The SMILES string of the molecule is CC(C)(C)C(OC(N)=O)C1CCN(c2cnnc(Cl)c2)C1. The summed E-state index contributed by atoms with van der Waals surface area (Å²) in [5.41, 5.74) is 5.98. The zero-order valence-electron chi connectivity index (χ0n) is 12.5. The summed E-state index contributed by atoms with van der Waals surface area (Å²) in [4.78, 5) is 13.3. The zero-order chi connectivity index (χ0) is 15.6. The van der Waals surface area contributed by atoms with E-state index >= 15 is 0 Å². The lowest BCUT2D eigenvalue weighted by Gasteiger charge is -2.34. The van der Waals surface area contributed by atoms with Gasteiger partial charge in [-0.05, 0) is 11.8 Å². The standard InChI is InChI=1S/C14H21ClN4O2/c1-14(2,3)12(21-13(16)20)9-4-5-19(8-9)10-6-11(15)18-17-7-10/h6-7,9,12H,4-5,8H2,1-3H3,(H2,16,20). The molecular weight excluding hydrogens is 292 g/mol. The van der Waals surface area contributed by atoms with Gasteiger partial charge in [0.25, 0.3) is 0 Å². The number of carbonyl (C=O) groups is 1. The number of aromatic nitrogens is 2. The van der Waals surface area contributed by atoms with Crippen molar-refractivity contribution in [1.82, 2.24) is 10.2 Å². The van der Waals surface area contributed by atoms with E-state index in [9.17, 15) is 4.79 Å². The van der Waals surface area contributed by atoms with E-state index < -0.39 is 6.09 Å². The van der Waals surface area contributed by atoms with Gasteiger partial charge in [-0.3, -0.25) is 0 Å². The second-order valence-electron chi connectivity index (χ2n) is 6.45. The van der Waals surface area contributed by atoms with Crippen LogP contribution in [0.1, 0.15) is 27.2 Å². The maximum Gasteiger partial charge on any atom is 0.404 e. The number of ether oxygens (including phenoxy) is 1. The molecule has 21 heavy (non-hydrogen) atoms. The van der Waals surface area contributed by atoms with Crippen LogP contribution in [0, 0.1) is 11.3 Å². The third-order valence-corrected chi connectivity index (χ3v) is 3.91. The lowest BCUT2D eigenvalue weighted by molar-refractivity contribution is 0.00243. The lowest BCUT2D eigenvalue weighted by Crippen LogP contribution is -2.40. The molecular formula is C14H21ClN4O2. The van der Waals surface area contributed by atoms with Crippen LogP contribution in [0.3, 0.4) is 0 Å². The number of nitrogens with two attached hydrogens (primary N) is 1. The van der Waals surface area contributed by atoms with Crippen LogP contribution in [0.25, 0.3) is 0 Å². The van der Waals surface area contributed by atoms with Crippen molar-refractivity contribution in [2.75, 3.05) is 18.0 Å². The summed E-state index contributed by atoms with van der Waals surface area (Å²) in [6.45, 7) is 7.79. The number of hydrogen-bond acceptors (Lipinski definition) is 5. The summed E-state index contributed by atoms with van der Waals surface area (Å²) >= 11 is 5.88. The van der Waals surface area contributed by atoms with E-state index in [-0.39, 0.29) is 17.4 Å². The van der Waals surface area contributed by atoms with Gasteiger partial charge in [-0.15, -0.1) is 5.10 Å². The number of nitrogens with zero attached hydrogens (tertiary/aromatic N) is 3. The Bertz CT molecular complexity index is 518. The van der Waals surface area contributed by atoms with E-state index in [2.05, 4.69) is 15.1 Å². The topological polar surface area (TPSA) is 81.3 Å². The molecule has 1 amide bonds. The Balaban J connectivity index is 2.11. The number of amides is 1. The summed E-state index contributed by atoms with van der Waals surface area (Å²) in [5.74, 6) is 0.226. The molecule has 0 spiro atoms. The summed E-state index contributed by atoms with van der Waals surface area (Å²) in [6.07, 6.45) is 1.68. The van der Waals surface area contributed by atoms with Crippen molar-refractivity contribution in [3.63, 3.8) is 0 Å². The molecule has 0 aromatic carbocycles. The van der Waals surface area contributed by atoms with Crippen molar-refractivity contribution in [2.24, 2.45) is 17.1 Å². The highest BCUT2D eigenvalue weighted by atomic mass is 35.5. The Morgan fingerprint density at radius 3 is 2.86 bits per heavy atom. The van der Waals surface area contributed by atoms with Gasteiger partial charge in [0.1, 0.15) is 6.10 Å². The van der Waals surface area contributed by atoms with Crippen LogP contribution in [0.2, 0.25) is 5.15 Å². The average Bonchev–Trinajstić information content (AvgIpc) is 2.83. The lowest BCUT2D eigenvalue weighted by atomic mass is 9.80. The number of hydrogen-bond donors (Lipinski definition) is 1. The van der Waals surface area contributed by atoms with Crippen LogP contribution in [0.5, 0.6) is 0 Å². The van der Waals surface area contributed by atoms with E-state index in [1.807, 2.05) is 20.8 Å². The van der Waals surface area contributed by atoms with E-state index in [1.54, 1.807) is 12.3 Å². The number of rotatable bonds is 3. The smallest absolute Gasteiger partial charge is 0.404 e. The molecule has 2 heterocycles. The Morgan fingerprint density at radius 2 is 2.29 bits per heavy atom. The quantitative estimate of drug-likeness (QED) is 0.927. The third kappa shape index (κ3) is 3.97. The maximum absolute atomic E-state index is 11.2. The van der Waals surface area contributed by atoms with E-state index in [0.29, 0.717) is 5.15 Å². The second-order valence-corrected chi connectivity index (χ2v) is 6.84.